The first-order chi connectivity index (χ1) is 6.36. The van der Waals surface area contributed by atoms with Gasteiger partial charge in [0.15, 0.2) is 0 Å². The van der Waals surface area contributed by atoms with Crippen molar-refractivity contribution in [2.45, 2.75) is 25.3 Å². The highest BCUT2D eigenvalue weighted by molar-refractivity contribution is 5.16. The van der Waals surface area contributed by atoms with Crippen LogP contribution in [-0.4, -0.2) is 11.5 Å². The zero-order valence-corrected chi connectivity index (χ0v) is 7.46. The van der Waals surface area contributed by atoms with Crippen molar-refractivity contribution < 1.29 is 4.39 Å². The van der Waals surface area contributed by atoms with E-state index in [1.54, 1.807) is 0 Å². The Kier molecular flexibility index (Phi) is 2.54. The molecule has 1 saturated heterocycles. The predicted octanol–water partition coefficient (Wildman–Crippen LogP) is 2.04. The highest BCUT2D eigenvalue weighted by Gasteiger charge is 2.14. The van der Waals surface area contributed by atoms with Gasteiger partial charge in [-0.1, -0.05) is 6.42 Å². The first-order valence-corrected chi connectivity index (χ1v) is 4.71. The molecule has 0 bridgehead atoms. The van der Waals surface area contributed by atoms with Crippen molar-refractivity contribution in [2.24, 2.45) is 0 Å². The molecular weight excluding hydrogens is 167 g/mol. The summed E-state index contributed by atoms with van der Waals surface area (Å²) in [6.07, 6.45) is 5.08. The molecular formula is C10H13FN2. The van der Waals surface area contributed by atoms with E-state index >= 15 is 0 Å². The van der Waals surface area contributed by atoms with Gasteiger partial charge in [0.1, 0.15) is 0 Å². The minimum Gasteiger partial charge on any atom is -0.310 e. The largest absolute Gasteiger partial charge is 0.310 e. The zero-order chi connectivity index (χ0) is 9.10. The van der Waals surface area contributed by atoms with Crippen LogP contribution in [0.25, 0.3) is 0 Å². The lowest BCUT2D eigenvalue weighted by atomic mass is 9.98. The standard InChI is InChI=1S/C10H13FN2/c11-10-7-8(4-6-13-10)9-3-1-2-5-12-9/h4,6-7,9,12H,1-3,5H2/t9-/m1/s1. The van der Waals surface area contributed by atoms with Gasteiger partial charge in [-0.05, 0) is 37.1 Å². The topological polar surface area (TPSA) is 24.9 Å². The molecule has 1 N–H and O–H groups in total. The minimum atomic E-state index is -0.384. The van der Waals surface area contributed by atoms with E-state index in [0.29, 0.717) is 6.04 Å². The Balaban J connectivity index is 2.14. The third-order valence-electron chi connectivity index (χ3n) is 2.46. The fraction of sp³-hybridized carbons (Fsp3) is 0.500. The molecule has 2 rings (SSSR count). The van der Waals surface area contributed by atoms with E-state index in [4.69, 9.17) is 0 Å². The summed E-state index contributed by atoms with van der Waals surface area (Å²) in [7, 11) is 0. The van der Waals surface area contributed by atoms with Crippen LogP contribution in [0.3, 0.4) is 0 Å². The van der Waals surface area contributed by atoms with E-state index in [2.05, 4.69) is 10.3 Å². The van der Waals surface area contributed by atoms with Crippen LogP contribution in [-0.2, 0) is 0 Å². The predicted molar refractivity (Wildman–Crippen MR) is 48.8 cm³/mol. The average Bonchev–Trinajstić information content (AvgIpc) is 2.19. The van der Waals surface area contributed by atoms with Crippen LogP contribution in [0.15, 0.2) is 18.3 Å². The molecule has 1 aliphatic heterocycles. The number of rotatable bonds is 1. The van der Waals surface area contributed by atoms with Gasteiger partial charge >= 0.3 is 0 Å². The van der Waals surface area contributed by atoms with Gasteiger partial charge < -0.3 is 5.32 Å². The van der Waals surface area contributed by atoms with Crippen molar-refractivity contribution >= 4 is 0 Å². The molecule has 3 heteroatoms. The maximum atomic E-state index is 12.8. The molecule has 2 heterocycles. The molecule has 0 saturated carbocycles. The van der Waals surface area contributed by atoms with Crippen molar-refractivity contribution in [1.82, 2.24) is 10.3 Å². The van der Waals surface area contributed by atoms with Gasteiger partial charge in [0.05, 0.1) is 0 Å². The third kappa shape index (κ3) is 2.04. The molecule has 1 fully saturated rings. The maximum absolute atomic E-state index is 12.8. The van der Waals surface area contributed by atoms with Crippen LogP contribution in [0, 0.1) is 5.95 Å². The number of pyridine rings is 1. The highest BCUT2D eigenvalue weighted by Crippen LogP contribution is 2.22. The Hall–Kier alpha value is -0.960. The highest BCUT2D eigenvalue weighted by atomic mass is 19.1. The molecule has 1 aliphatic rings. The first kappa shape index (κ1) is 8.63. The minimum absolute atomic E-state index is 0.325. The summed E-state index contributed by atoms with van der Waals surface area (Å²) in [4.78, 5) is 3.54. The molecule has 13 heavy (non-hydrogen) atoms. The number of hydrogen-bond acceptors (Lipinski definition) is 2. The Morgan fingerprint density at radius 2 is 2.38 bits per heavy atom. The Bertz CT molecular complexity index is 282. The van der Waals surface area contributed by atoms with Crippen molar-refractivity contribution in [1.29, 1.82) is 0 Å². The van der Waals surface area contributed by atoms with Crippen LogP contribution in [0.5, 0.6) is 0 Å². The second kappa shape index (κ2) is 3.83. The zero-order valence-electron chi connectivity index (χ0n) is 7.46. The Morgan fingerprint density at radius 1 is 1.46 bits per heavy atom. The third-order valence-corrected chi connectivity index (χ3v) is 2.46. The van der Waals surface area contributed by atoms with Gasteiger partial charge in [-0.15, -0.1) is 0 Å². The van der Waals surface area contributed by atoms with Crippen LogP contribution in [0.1, 0.15) is 30.9 Å². The average molecular weight is 180 g/mol. The summed E-state index contributed by atoms with van der Waals surface area (Å²) < 4.78 is 12.8. The van der Waals surface area contributed by atoms with Gasteiger partial charge in [0.25, 0.3) is 0 Å². The quantitative estimate of drug-likeness (QED) is 0.669. The van der Waals surface area contributed by atoms with Gasteiger partial charge in [-0.2, -0.15) is 4.39 Å². The normalized spacial score (nSPS) is 23.0. The van der Waals surface area contributed by atoms with Crippen LogP contribution in [0.4, 0.5) is 4.39 Å². The summed E-state index contributed by atoms with van der Waals surface area (Å²) >= 11 is 0. The Morgan fingerprint density at radius 3 is 3.08 bits per heavy atom. The lowest BCUT2D eigenvalue weighted by Gasteiger charge is -2.23. The molecule has 0 unspecified atom stereocenters. The maximum Gasteiger partial charge on any atom is 0.213 e. The van der Waals surface area contributed by atoms with E-state index in [9.17, 15) is 4.39 Å². The molecule has 0 spiro atoms. The molecule has 2 nitrogen and oxygen atoms in total. The number of halogens is 1. The van der Waals surface area contributed by atoms with Crippen LogP contribution in [0.2, 0.25) is 0 Å². The van der Waals surface area contributed by atoms with E-state index in [1.807, 2.05) is 6.07 Å². The second-order valence-electron chi connectivity index (χ2n) is 3.41. The second-order valence-corrected chi connectivity index (χ2v) is 3.41. The fourth-order valence-corrected chi connectivity index (χ4v) is 1.77. The van der Waals surface area contributed by atoms with Crippen LogP contribution < -0.4 is 5.32 Å². The van der Waals surface area contributed by atoms with E-state index in [-0.39, 0.29) is 5.95 Å². The molecule has 0 aromatic carbocycles. The molecule has 1 aromatic rings. The number of piperidine rings is 1. The van der Waals surface area contributed by atoms with Gasteiger partial charge in [0.2, 0.25) is 5.95 Å². The Labute approximate surface area is 77.2 Å². The molecule has 0 radical (unpaired) electrons. The molecule has 1 aromatic heterocycles. The first-order valence-electron chi connectivity index (χ1n) is 4.71. The monoisotopic (exact) mass is 180 g/mol. The van der Waals surface area contributed by atoms with E-state index in [1.165, 1.54) is 25.1 Å². The van der Waals surface area contributed by atoms with Crippen molar-refractivity contribution in [3.05, 3.63) is 29.8 Å². The summed E-state index contributed by atoms with van der Waals surface area (Å²) in [5.74, 6) is -0.384. The van der Waals surface area contributed by atoms with Gasteiger partial charge in [-0.25, -0.2) is 4.98 Å². The molecule has 0 aliphatic carbocycles. The number of hydrogen-bond donors (Lipinski definition) is 1. The molecule has 70 valence electrons. The van der Waals surface area contributed by atoms with Gasteiger partial charge in [0, 0.05) is 12.2 Å². The van der Waals surface area contributed by atoms with Crippen molar-refractivity contribution in [2.75, 3.05) is 6.54 Å². The lowest BCUT2D eigenvalue weighted by Crippen LogP contribution is -2.26. The number of aromatic nitrogens is 1. The summed E-state index contributed by atoms with van der Waals surface area (Å²) in [5.41, 5.74) is 1.02. The van der Waals surface area contributed by atoms with E-state index < -0.39 is 0 Å². The van der Waals surface area contributed by atoms with Crippen LogP contribution >= 0.6 is 0 Å². The lowest BCUT2D eigenvalue weighted by molar-refractivity contribution is 0.410. The smallest absolute Gasteiger partial charge is 0.213 e. The molecule has 0 amide bonds. The van der Waals surface area contributed by atoms with E-state index in [0.717, 1.165) is 18.5 Å². The molecule has 1 atom stereocenters. The van der Waals surface area contributed by atoms with Crippen molar-refractivity contribution in [3.63, 3.8) is 0 Å². The SMILES string of the molecule is Fc1cc([C@H]2CCCCN2)ccn1. The number of nitrogens with zero attached hydrogens (tertiary/aromatic N) is 1. The van der Waals surface area contributed by atoms with Crippen molar-refractivity contribution in [3.8, 4) is 0 Å². The fourth-order valence-electron chi connectivity index (χ4n) is 1.77. The summed E-state index contributed by atoms with van der Waals surface area (Å²) in [5, 5.41) is 3.37. The van der Waals surface area contributed by atoms with Gasteiger partial charge in [-0.3, -0.25) is 0 Å². The summed E-state index contributed by atoms with van der Waals surface area (Å²) in [6.45, 7) is 1.04. The number of nitrogens with one attached hydrogen (secondary N) is 1. The summed E-state index contributed by atoms with van der Waals surface area (Å²) in [6, 6.07) is 3.72.